The highest BCUT2D eigenvalue weighted by molar-refractivity contribution is 5.93. The lowest BCUT2D eigenvalue weighted by molar-refractivity contribution is -0.117. The fourth-order valence-corrected chi connectivity index (χ4v) is 2.87. The molecule has 4 nitrogen and oxygen atoms in total. The summed E-state index contributed by atoms with van der Waals surface area (Å²) in [6.07, 6.45) is 3.72. The van der Waals surface area contributed by atoms with Crippen LogP contribution in [0.4, 0.5) is 11.4 Å². The molecule has 1 aliphatic heterocycles. The number of amides is 1. The zero-order valence-electron chi connectivity index (χ0n) is 12.5. The van der Waals surface area contributed by atoms with Crippen LogP contribution in [0, 0.1) is 12.8 Å². The van der Waals surface area contributed by atoms with Gasteiger partial charge in [0.2, 0.25) is 5.91 Å². The molecule has 1 unspecified atom stereocenters. The molecule has 0 bridgehead atoms. The molecule has 1 fully saturated rings. The number of aryl methyl sites for hydroxylation is 1. The fourth-order valence-electron chi connectivity index (χ4n) is 2.87. The van der Waals surface area contributed by atoms with Crippen LogP contribution < -0.4 is 11.1 Å². The molecule has 1 aliphatic rings. The van der Waals surface area contributed by atoms with Crippen LogP contribution in [0.5, 0.6) is 0 Å². The van der Waals surface area contributed by atoms with Gasteiger partial charge in [-0.25, -0.2) is 0 Å². The number of hydrogen-bond donors (Lipinski definition) is 2. The number of carbonyl (C=O) groups excluding carboxylic acids is 1. The van der Waals surface area contributed by atoms with Gasteiger partial charge in [-0.2, -0.15) is 0 Å². The minimum absolute atomic E-state index is 0.0517. The van der Waals surface area contributed by atoms with Crippen molar-refractivity contribution in [1.82, 2.24) is 4.90 Å². The van der Waals surface area contributed by atoms with E-state index in [-0.39, 0.29) is 5.91 Å². The Morgan fingerprint density at radius 1 is 1.50 bits per heavy atom. The number of nitrogens with zero attached hydrogens (tertiary/aromatic N) is 1. The molecular formula is C16H25N3O. The number of hydrogen-bond acceptors (Lipinski definition) is 3. The summed E-state index contributed by atoms with van der Waals surface area (Å²) < 4.78 is 0. The van der Waals surface area contributed by atoms with Crippen molar-refractivity contribution in [1.29, 1.82) is 0 Å². The van der Waals surface area contributed by atoms with Crippen molar-refractivity contribution in [3.8, 4) is 0 Å². The number of benzene rings is 1. The molecule has 1 aromatic carbocycles. The second kappa shape index (κ2) is 6.75. The maximum absolute atomic E-state index is 12.1. The van der Waals surface area contributed by atoms with E-state index in [4.69, 9.17) is 5.73 Å². The topological polar surface area (TPSA) is 58.4 Å². The lowest BCUT2D eigenvalue weighted by Gasteiger charge is -2.16. The van der Waals surface area contributed by atoms with E-state index in [1.54, 1.807) is 0 Å². The second-order valence-electron chi connectivity index (χ2n) is 5.80. The number of nitrogens with one attached hydrogen (secondary N) is 1. The summed E-state index contributed by atoms with van der Waals surface area (Å²) in [5.41, 5.74) is 8.29. The third-order valence-corrected chi connectivity index (χ3v) is 3.97. The minimum atomic E-state index is 0.0517. The first-order valence-corrected chi connectivity index (χ1v) is 7.46. The van der Waals surface area contributed by atoms with E-state index in [1.807, 2.05) is 25.1 Å². The predicted octanol–water partition coefficient (Wildman–Crippen LogP) is 2.64. The van der Waals surface area contributed by atoms with Gasteiger partial charge in [0.25, 0.3) is 0 Å². The molecular weight excluding hydrogens is 250 g/mol. The predicted molar refractivity (Wildman–Crippen MR) is 83.7 cm³/mol. The van der Waals surface area contributed by atoms with E-state index in [1.165, 1.54) is 19.3 Å². The molecule has 110 valence electrons. The van der Waals surface area contributed by atoms with Gasteiger partial charge in [-0.15, -0.1) is 0 Å². The van der Waals surface area contributed by atoms with Crippen LogP contribution in [-0.2, 0) is 4.79 Å². The number of anilines is 2. The molecule has 1 amide bonds. The lowest BCUT2D eigenvalue weighted by atomic mass is 10.0. The summed E-state index contributed by atoms with van der Waals surface area (Å²) in [6, 6.07) is 5.59. The summed E-state index contributed by atoms with van der Waals surface area (Å²) in [7, 11) is 0. The third-order valence-electron chi connectivity index (χ3n) is 3.97. The Balaban J connectivity index is 1.85. The van der Waals surface area contributed by atoms with Crippen molar-refractivity contribution in [2.45, 2.75) is 33.1 Å². The number of rotatable bonds is 5. The maximum Gasteiger partial charge on any atom is 0.238 e. The molecule has 2 rings (SSSR count). The Bertz CT molecular complexity index is 473. The summed E-state index contributed by atoms with van der Waals surface area (Å²) in [5, 5.41) is 2.96. The van der Waals surface area contributed by atoms with Crippen molar-refractivity contribution < 1.29 is 4.79 Å². The molecule has 0 spiro atoms. The van der Waals surface area contributed by atoms with Crippen LogP contribution >= 0.6 is 0 Å². The summed E-state index contributed by atoms with van der Waals surface area (Å²) >= 11 is 0. The largest absolute Gasteiger partial charge is 0.399 e. The lowest BCUT2D eigenvalue weighted by Crippen LogP contribution is -2.31. The zero-order valence-corrected chi connectivity index (χ0v) is 12.5. The van der Waals surface area contributed by atoms with E-state index in [2.05, 4.69) is 17.1 Å². The number of carbonyl (C=O) groups is 1. The Hall–Kier alpha value is -1.55. The second-order valence-corrected chi connectivity index (χ2v) is 5.80. The van der Waals surface area contributed by atoms with Crippen LogP contribution in [0.2, 0.25) is 0 Å². The van der Waals surface area contributed by atoms with Gasteiger partial charge in [0.05, 0.1) is 6.54 Å². The van der Waals surface area contributed by atoms with Crippen LogP contribution in [0.1, 0.15) is 31.7 Å². The van der Waals surface area contributed by atoms with Crippen LogP contribution in [0.3, 0.4) is 0 Å². The summed E-state index contributed by atoms with van der Waals surface area (Å²) in [5.74, 6) is 0.817. The fraction of sp³-hybridized carbons (Fsp3) is 0.562. The summed E-state index contributed by atoms with van der Waals surface area (Å²) in [4.78, 5) is 14.4. The van der Waals surface area contributed by atoms with Gasteiger partial charge in [-0.05, 0) is 49.9 Å². The van der Waals surface area contributed by atoms with Gasteiger partial charge in [0, 0.05) is 17.9 Å². The molecule has 0 aliphatic carbocycles. The van der Waals surface area contributed by atoms with Crippen molar-refractivity contribution in [2.75, 3.05) is 30.7 Å². The van der Waals surface area contributed by atoms with Crippen LogP contribution in [-0.4, -0.2) is 30.4 Å². The molecule has 3 N–H and O–H groups in total. The van der Waals surface area contributed by atoms with E-state index < -0.39 is 0 Å². The molecule has 0 saturated carbocycles. The first-order valence-electron chi connectivity index (χ1n) is 7.46. The Labute approximate surface area is 121 Å². The van der Waals surface area contributed by atoms with E-state index >= 15 is 0 Å². The van der Waals surface area contributed by atoms with Gasteiger partial charge >= 0.3 is 0 Å². The summed E-state index contributed by atoms with van der Waals surface area (Å²) in [6.45, 7) is 6.76. The van der Waals surface area contributed by atoms with E-state index in [0.29, 0.717) is 12.2 Å². The SMILES string of the molecule is CCCC1CCN(CC(=O)Nc2cc(N)ccc2C)C1. The van der Waals surface area contributed by atoms with Gasteiger partial charge in [0.15, 0.2) is 0 Å². The number of nitrogen functional groups attached to an aromatic ring is 1. The Morgan fingerprint density at radius 3 is 3.05 bits per heavy atom. The quantitative estimate of drug-likeness (QED) is 0.812. The standard InChI is InChI=1S/C16H25N3O/c1-3-4-13-7-8-19(10-13)11-16(20)18-15-9-14(17)6-5-12(15)2/h5-6,9,13H,3-4,7-8,10-11,17H2,1-2H3,(H,18,20). The molecule has 1 aromatic rings. The third kappa shape index (κ3) is 3.97. The highest BCUT2D eigenvalue weighted by Crippen LogP contribution is 2.21. The van der Waals surface area contributed by atoms with Gasteiger partial charge in [-0.3, -0.25) is 9.69 Å². The van der Waals surface area contributed by atoms with Crippen molar-refractivity contribution in [2.24, 2.45) is 5.92 Å². The average Bonchev–Trinajstić information content (AvgIpc) is 2.81. The van der Waals surface area contributed by atoms with Gasteiger partial charge in [-0.1, -0.05) is 19.4 Å². The number of nitrogens with two attached hydrogens (primary N) is 1. The highest BCUT2D eigenvalue weighted by Gasteiger charge is 2.23. The number of likely N-dealkylation sites (tertiary alicyclic amines) is 1. The van der Waals surface area contributed by atoms with Gasteiger partial charge in [0.1, 0.15) is 0 Å². The first kappa shape index (κ1) is 14.9. The van der Waals surface area contributed by atoms with Crippen molar-refractivity contribution in [3.05, 3.63) is 23.8 Å². The minimum Gasteiger partial charge on any atom is -0.399 e. The van der Waals surface area contributed by atoms with Gasteiger partial charge < -0.3 is 11.1 Å². The van der Waals surface area contributed by atoms with Crippen molar-refractivity contribution >= 4 is 17.3 Å². The average molecular weight is 275 g/mol. The van der Waals surface area contributed by atoms with Crippen LogP contribution in [0.25, 0.3) is 0 Å². The molecule has 0 aromatic heterocycles. The normalized spacial score (nSPS) is 19.2. The molecule has 4 heteroatoms. The smallest absolute Gasteiger partial charge is 0.238 e. The zero-order chi connectivity index (χ0) is 14.5. The van der Waals surface area contributed by atoms with E-state index in [0.717, 1.165) is 30.3 Å². The molecule has 0 radical (unpaired) electrons. The van der Waals surface area contributed by atoms with Crippen LogP contribution in [0.15, 0.2) is 18.2 Å². The molecule has 20 heavy (non-hydrogen) atoms. The van der Waals surface area contributed by atoms with Crippen molar-refractivity contribution in [3.63, 3.8) is 0 Å². The monoisotopic (exact) mass is 275 g/mol. The molecule has 1 saturated heterocycles. The highest BCUT2D eigenvalue weighted by atomic mass is 16.2. The Morgan fingerprint density at radius 2 is 2.30 bits per heavy atom. The maximum atomic E-state index is 12.1. The molecule has 1 heterocycles. The first-order chi connectivity index (χ1) is 9.58. The Kier molecular flexibility index (Phi) is 5.01. The van der Waals surface area contributed by atoms with E-state index in [9.17, 15) is 4.79 Å². The molecule has 1 atom stereocenters.